The van der Waals surface area contributed by atoms with Crippen LogP contribution in [0.1, 0.15) is 49.5 Å². The summed E-state index contributed by atoms with van der Waals surface area (Å²) in [5.41, 5.74) is 0.416. The number of rotatable bonds is 13. The second-order valence-corrected chi connectivity index (χ2v) is 11.5. The number of ether oxygens (including phenoxy) is 2. The van der Waals surface area contributed by atoms with Crippen LogP contribution in [-0.4, -0.2) is 129 Å². The molecule has 5 amide bonds. The molecule has 2 aromatic rings. The van der Waals surface area contributed by atoms with Gasteiger partial charge in [0.05, 0.1) is 12.3 Å². The van der Waals surface area contributed by atoms with Crippen molar-refractivity contribution in [2.75, 3.05) is 45.9 Å². The number of carboxylic acids is 1. The van der Waals surface area contributed by atoms with Crippen LogP contribution in [0.5, 0.6) is 5.88 Å². The van der Waals surface area contributed by atoms with Crippen LogP contribution in [0.2, 0.25) is 0 Å². The van der Waals surface area contributed by atoms with Crippen LogP contribution in [-0.2, 0) is 23.9 Å². The number of aromatic nitrogens is 2. The van der Waals surface area contributed by atoms with Gasteiger partial charge in [0.2, 0.25) is 17.7 Å². The molecule has 5 rings (SSSR count). The molecule has 2 atom stereocenters. The first-order valence-electron chi connectivity index (χ1n) is 15.8. The summed E-state index contributed by atoms with van der Waals surface area (Å²) in [7, 11) is 0. The lowest BCUT2D eigenvalue weighted by atomic mass is 10.0. The number of amides is 5. The van der Waals surface area contributed by atoms with Crippen LogP contribution in [0.25, 0.3) is 5.69 Å². The molecule has 3 fully saturated rings. The molecule has 0 radical (unpaired) electrons. The van der Waals surface area contributed by atoms with Gasteiger partial charge in [0.15, 0.2) is 12.3 Å². The van der Waals surface area contributed by atoms with E-state index in [1.807, 2.05) is 0 Å². The molecule has 1 aliphatic carbocycles. The minimum Gasteiger partial charge on any atom is -0.481 e. The fraction of sp³-hybridized carbons (Fsp3) is 0.516. The SMILES string of the molecule is CCOC(=O)N1CCN(C(=O)C(CCC(=O)O)NC(=O)c2cc(OCC(=O)N3CCC3C(=O)NC3CC3)n(-c3ccccc3)n2)CC1. The zero-order valence-electron chi connectivity index (χ0n) is 26.1. The number of nitrogens with zero attached hydrogens (tertiary/aromatic N) is 5. The van der Waals surface area contributed by atoms with E-state index in [0.29, 0.717) is 18.7 Å². The molecule has 3 aliphatic rings. The molecule has 2 saturated heterocycles. The monoisotopic (exact) mass is 653 g/mol. The number of hydrogen-bond acceptors (Lipinski definition) is 9. The molecule has 16 nitrogen and oxygen atoms in total. The Hall–Kier alpha value is -5.15. The molecule has 0 spiro atoms. The van der Waals surface area contributed by atoms with Crippen molar-refractivity contribution in [1.82, 2.24) is 35.1 Å². The maximum absolute atomic E-state index is 13.5. The Morgan fingerprint density at radius 1 is 0.979 bits per heavy atom. The number of aliphatic carboxylic acids is 1. The van der Waals surface area contributed by atoms with E-state index < -0.39 is 42.6 Å². The molecule has 1 saturated carbocycles. The van der Waals surface area contributed by atoms with Crippen LogP contribution in [0, 0.1) is 0 Å². The molecular weight excluding hydrogens is 614 g/mol. The van der Waals surface area contributed by atoms with E-state index >= 15 is 0 Å². The van der Waals surface area contributed by atoms with E-state index in [4.69, 9.17) is 9.47 Å². The van der Waals surface area contributed by atoms with Crippen LogP contribution < -0.4 is 15.4 Å². The van der Waals surface area contributed by atoms with Gasteiger partial charge in [-0.2, -0.15) is 5.10 Å². The molecule has 2 unspecified atom stereocenters. The number of para-hydroxylation sites is 1. The van der Waals surface area contributed by atoms with Crippen LogP contribution in [0.4, 0.5) is 4.79 Å². The molecule has 1 aromatic heterocycles. The highest BCUT2D eigenvalue weighted by Crippen LogP contribution is 2.24. The van der Waals surface area contributed by atoms with E-state index in [-0.39, 0.29) is 75.1 Å². The number of carboxylic acid groups (broad SMARTS) is 1. The topological polar surface area (TPSA) is 193 Å². The van der Waals surface area contributed by atoms with Crippen LogP contribution in [0.15, 0.2) is 36.4 Å². The van der Waals surface area contributed by atoms with Gasteiger partial charge in [0.25, 0.3) is 11.8 Å². The predicted octanol–water partition coefficient (Wildman–Crippen LogP) is 0.395. The van der Waals surface area contributed by atoms with Crippen molar-refractivity contribution in [3.8, 4) is 11.6 Å². The highest BCUT2D eigenvalue weighted by molar-refractivity contribution is 5.96. The number of nitrogens with one attached hydrogen (secondary N) is 2. The molecule has 3 N–H and O–H groups in total. The van der Waals surface area contributed by atoms with Crippen molar-refractivity contribution >= 4 is 35.7 Å². The molecule has 0 bridgehead atoms. The summed E-state index contributed by atoms with van der Waals surface area (Å²) in [6, 6.07) is 8.58. The predicted molar refractivity (Wildman–Crippen MR) is 164 cm³/mol. The van der Waals surface area contributed by atoms with Crippen LogP contribution in [0.3, 0.4) is 0 Å². The van der Waals surface area contributed by atoms with Crippen molar-refractivity contribution < 1.29 is 43.3 Å². The van der Waals surface area contributed by atoms with E-state index in [9.17, 15) is 33.9 Å². The van der Waals surface area contributed by atoms with Crippen molar-refractivity contribution in [1.29, 1.82) is 0 Å². The third kappa shape index (κ3) is 8.37. The normalized spacial score (nSPS) is 18.1. The van der Waals surface area contributed by atoms with Crippen LogP contribution >= 0.6 is 0 Å². The van der Waals surface area contributed by atoms with Crippen molar-refractivity contribution in [3.63, 3.8) is 0 Å². The summed E-state index contributed by atoms with van der Waals surface area (Å²) in [5, 5.41) is 19.2. The lowest BCUT2D eigenvalue weighted by molar-refractivity contribution is -0.149. The van der Waals surface area contributed by atoms with Gasteiger partial charge in [0, 0.05) is 51.3 Å². The summed E-state index contributed by atoms with van der Waals surface area (Å²) >= 11 is 0. The fourth-order valence-corrected chi connectivity index (χ4v) is 5.34. The first kappa shape index (κ1) is 33.2. The maximum Gasteiger partial charge on any atom is 0.409 e. The Morgan fingerprint density at radius 2 is 1.68 bits per heavy atom. The number of carbonyl (C=O) groups excluding carboxylic acids is 5. The Labute approximate surface area is 270 Å². The lowest BCUT2D eigenvalue weighted by Crippen LogP contribution is -2.59. The smallest absolute Gasteiger partial charge is 0.409 e. The maximum atomic E-state index is 13.5. The number of piperazine rings is 1. The quantitative estimate of drug-likeness (QED) is 0.273. The first-order valence-corrected chi connectivity index (χ1v) is 15.8. The average Bonchev–Trinajstić information content (AvgIpc) is 3.75. The van der Waals surface area contributed by atoms with Gasteiger partial charge >= 0.3 is 12.1 Å². The second-order valence-electron chi connectivity index (χ2n) is 11.5. The number of benzene rings is 1. The summed E-state index contributed by atoms with van der Waals surface area (Å²) in [4.78, 5) is 80.2. The Kier molecular flexibility index (Phi) is 10.6. The van der Waals surface area contributed by atoms with E-state index in [2.05, 4.69) is 15.7 Å². The Bertz CT molecular complexity index is 1490. The van der Waals surface area contributed by atoms with Gasteiger partial charge < -0.3 is 39.9 Å². The highest BCUT2D eigenvalue weighted by atomic mass is 16.6. The van der Waals surface area contributed by atoms with Crippen molar-refractivity contribution in [2.45, 2.75) is 57.2 Å². The van der Waals surface area contributed by atoms with Crippen molar-refractivity contribution in [3.05, 3.63) is 42.1 Å². The third-order valence-electron chi connectivity index (χ3n) is 8.19. The molecule has 1 aromatic carbocycles. The van der Waals surface area contributed by atoms with Gasteiger partial charge in [-0.15, -0.1) is 0 Å². The van der Waals surface area contributed by atoms with Gasteiger partial charge in [0.1, 0.15) is 12.1 Å². The Morgan fingerprint density at radius 3 is 2.30 bits per heavy atom. The van der Waals surface area contributed by atoms with E-state index in [1.165, 1.54) is 25.4 Å². The molecule has 2 aliphatic heterocycles. The summed E-state index contributed by atoms with van der Waals surface area (Å²) in [5.74, 6) is -2.84. The second kappa shape index (κ2) is 15.0. The van der Waals surface area contributed by atoms with Gasteiger partial charge in [-0.25, -0.2) is 9.48 Å². The minimum atomic E-state index is -1.18. The molecule has 47 heavy (non-hydrogen) atoms. The summed E-state index contributed by atoms with van der Waals surface area (Å²) < 4.78 is 12.2. The average molecular weight is 654 g/mol. The zero-order valence-corrected chi connectivity index (χ0v) is 26.1. The molecule has 252 valence electrons. The standard InChI is InChI=1S/C31H39N7O9/c1-2-46-31(45)36-16-14-35(15-17-36)30(44)22(10-11-27(40)41)33-28(42)23-18-26(38(34-23)21-6-4-3-5-7-21)47-19-25(39)37-13-12-24(37)29(43)32-20-8-9-20/h3-7,18,20,22,24H,2,8-17,19H2,1H3,(H,32,43)(H,33,42)(H,40,41). The lowest BCUT2D eigenvalue weighted by Gasteiger charge is -2.39. The number of carbonyl (C=O) groups is 6. The largest absolute Gasteiger partial charge is 0.481 e. The minimum absolute atomic E-state index is 0.0812. The molecule has 3 heterocycles. The van der Waals surface area contributed by atoms with Gasteiger partial charge in [-0.3, -0.25) is 24.0 Å². The number of hydrogen-bond donors (Lipinski definition) is 3. The highest BCUT2D eigenvalue weighted by Gasteiger charge is 2.39. The molecule has 16 heteroatoms. The van der Waals surface area contributed by atoms with Gasteiger partial charge in [-0.1, -0.05) is 18.2 Å². The first-order chi connectivity index (χ1) is 22.6. The van der Waals surface area contributed by atoms with E-state index in [1.54, 1.807) is 37.3 Å². The summed E-state index contributed by atoms with van der Waals surface area (Å²) in [6.07, 6.45) is 1.44. The fourth-order valence-electron chi connectivity index (χ4n) is 5.34. The van der Waals surface area contributed by atoms with Crippen molar-refractivity contribution in [2.24, 2.45) is 0 Å². The van der Waals surface area contributed by atoms with Gasteiger partial charge in [-0.05, 0) is 44.7 Å². The number of likely N-dealkylation sites (tertiary alicyclic amines) is 1. The molecular formula is C31H39N7O9. The van der Waals surface area contributed by atoms with E-state index in [0.717, 1.165) is 12.8 Å². The third-order valence-corrected chi connectivity index (χ3v) is 8.19. The Balaban J connectivity index is 1.27. The summed E-state index contributed by atoms with van der Waals surface area (Å²) in [6.45, 7) is 2.79. The zero-order chi connectivity index (χ0) is 33.5.